The Balaban J connectivity index is 1.28. The van der Waals surface area contributed by atoms with Crippen LogP contribution in [0.3, 0.4) is 0 Å². The van der Waals surface area contributed by atoms with Crippen molar-refractivity contribution < 1.29 is 23.9 Å². The number of barbiturate groups is 1. The van der Waals surface area contributed by atoms with Crippen LogP contribution < -0.4 is 19.7 Å². The number of urea groups is 1. The molecule has 0 atom stereocenters. The van der Waals surface area contributed by atoms with E-state index in [1.165, 1.54) is 50.2 Å². The number of imide groups is 2. The second-order valence-electron chi connectivity index (χ2n) is 11.0. The third-order valence-electron chi connectivity index (χ3n) is 8.68. The molecule has 0 aromatic heterocycles. The standard InChI is InChI=1S/C30H32N2O5/c1-3-37-26-14-18(4-9-25(26)36-2)13-24-27(33)31-29(35)32(28(24)34)23-7-5-22(6-8-23)30-15-19-10-20(16-30)12-21(11-19)17-30/h4-9,13-14,19-21H,3,10-12,15-17H2,1-2H3,(H,31,33,35). The normalized spacial score (nSPS) is 29.6. The summed E-state index contributed by atoms with van der Waals surface area (Å²) in [6.07, 6.45) is 9.34. The smallest absolute Gasteiger partial charge is 0.335 e. The van der Waals surface area contributed by atoms with E-state index in [4.69, 9.17) is 9.47 Å². The van der Waals surface area contributed by atoms with Crippen molar-refractivity contribution in [1.82, 2.24) is 5.32 Å². The first-order valence-electron chi connectivity index (χ1n) is 13.2. The van der Waals surface area contributed by atoms with E-state index in [1.54, 1.807) is 25.3 Å². The molecule has 4 saturated carbocycles. The molecule has 5 fully saturated rings. The van der Waals surface area contributed by atoms with Crippen LogP contribution in [-0.2, 0) is 15.0 Å². The molecule has 2 aromatic carbocycles. The SMILES string of the molecule is CCOc1cc(C=C2C(=O)NC(=O)N(c3ccc(C45CC6CC(CC(C6)C4)C5)cc3)C2=O)ccc1OC. The van der Waals surface area contributed by atoms with Crippen molar-refractivity contribution in [2.24, 2.45) is 17.8 Å². The fourth-order valence-electron chi connectivity index (χ4n) is 7.54. The second-order valence-corrected chi connectivity index (χ2v) is 11.0. The number of benzene rings is 2. The maximum atomic E-state index is 13.4. The summed E-state index contributed by atoms with van der Waals surface area (Å²) in [5, 5.41) is 2.32. The lowest BCUT2D eigenvalue weighted by atomic mass is 9.48. The maximum Gasteiger partial charge on any atom is 0.335 e. The number of carbonyl (C=O) groups is 3. The number of nitrogens with one attached hydrogen (secondary N) is 1. The summed E-state index contributed by atoms with van der Waals surface area (Å²) in [6.45, 7) is 2.30. The summed E-state index contributed by atoms with van der Waals surface area (Å²) in [5.41, 5.74) is 2.48. The molecule has 1 saturated heterocycles. The Labute approximate surface area is 216 Å². The number of nitrogens with zero attached hydrogens (tertiary/aromatic N) is 1. The molecule has 0 radical (unpaired) electrons. The molecular formula is C30H32N2O5. The average molecular weight is 501 g/mol. The highest BCUT2D eigenvalue weighted by molar-refractivity contribution is 6.39. The Morgan fingerprint density at radius 3 is 2.19 bits per heavy atom. The quantitative estimate of drug-likeness (QED) is 0.434. The Kier molecular flexibility index (Phi) is 5.81. The van der Waals surface area contributed by atoms with Crippen molar-refractivity contribution in [3.63, 3.8) is 0 Å². The molecule has 4 amide bonds. The van der Waals surface area contributed by atoms with E-state index < -0.39 is 17.8 Å². The van der Waals surface area contributed by atoms with E-state index in [1.807, 2.05) is 19.1 Å². The number of hydrogen-bond donors (Lipinski definition) is 1. The van der Waals surface area contributed by atoms with Gasteiger partial charge in [-0.25, -0.2) is 9.69 Å². The molecule has 7 heteroatoms. The van der Waals surface area contributed by atoms with Crippen LogP contribution in [0.1, 0.15) is 56.6 Å². The van der Waals surface area contributed by atoms with E-state index in [0.29, 0.717) is 29.4 Å². The lowest BCUT2D eigenvalue weighted by Gasteiger charge is -2.57. The van der Waals surface area contributed by atoms with Gasteiger partial charge in [-0.1, -0.05) is 18.2 Å². The summed E-state index contributed by atoms with van der Waals surface area (Å²) in [5.74, 6) is 2.20. The van der Waals surface area contributed by atoms with Crippen molar-refractivity contribution in [1.29, 1.82) is 0 Å². The molecular weight excluding hydrogens is 468 g/mol. The van der Waals surface area contributed by atoms with Gasteiger partial charge in [0.1, 0.15) is 5.57 Å². The fourth-order valence-corrected chi connectivity index (χ4v) is 7.54. The van der Waals surface area contributed by atoms with Crippen LogP contribution in [0.2, 0.25) is 0 Å². The largest absolute Gasteiger partial charge is 0.493 e. The molecule has 1 aliphatic heterocycles. The zero-order valence-electron chi connectivity index (χ0n) is 21.3. The molecule has 4 aliphatic carbocycles. The van der Waals surface area contributed by atoms with Gasteiger partial charge in [0.05, 0.1) is 19.4 Å². The predicted octanol–water partition coefficient (Wildman–Crippen LogP) is 5.23. The van der Waals surface area contributed by atoms with Crippen LogP contribution in [0.5, 0.6) is 11.5 Å². The molecule has 2 aromatic rings. The molecule has 4 bridgehead atoms. The molecule has 37 heavy (non-hydrogen) atoms. The van der Waals surface area contributed by atoms with Gasteiger partial charge in [-0.3, -0.25) is 14.9 Å². The summed E-state index contributed by atoms with van der Waals surface area (Å²) in [6, 6.07) is 12.3. The molecule has 7 nitrogen and oxygen atoms in total. The van der Waals surface area contributed by atoms with Crippen LogP contribution >= 0.6 is 0 Å². The summed E-state index contributed by atoms with van der Waals surface area (Å²) in [7, 11) is 1.55. The van der Waals surface area contributed by atoms with E-state index in [0.717, 1.165) is 22.7 Å². The van der Waals surface area contributed by atoms with Crippen LogP contribution in [0, 0.1) is 17.8 Å². The van der Waals surface area contributed by atoms with E-state index in [-0.39, 0.29) is 11.0 Å². The Hall–Kier alpha value is -3.61. The minimum atomic E-state index is -0.737. The average Bonchev–Trinajstić information content (AvgIpc) is 2.86. The van der Waals surface area contributed by atoms with Gasteiger partial charge >= 0.3 is 6.03 Å². The highest BCUT2D eigenvalue weighted by atomic mass is 16.5. The first kappa shape index (κ1) is 23.8. The Bertz CT molecular complexity index is 1260. The third-order valence-corrected chi connectivity index (χ3v) is 8.68. The number of methoxy groups -OCH3 is 1. The zero-order valence-corrected chi connectivity index (χ0v) is 21.3. The lowest BCUT2D eigenvalue weighted by molar-refractivity contribution is -0.122. The van der Waals surface area contributed by atoms with Gasteiger partial charge in [0.2, 0.25) is 0 Å². The van der Waals surface area contributed by atoms with Crippen molar-refractivity contribution in [2.75, 3.05) is 18.6 Å². The number of hydrogen-bond acceptors (Lipinski definition) is 5. The fraction of sp³-hybridized carbons (Fsp3) is 0.433. The first-order chi connectivity index (χ1) is 17.9. The van der Waals surface area contributed by atoms with Gasteiger partial charge < -0.3 is 9.47 Å². The van der Waals surface area contributed by atoms with Crippen molar-refractivity contribution in [3.05, 3.63) is 59.2 Å². The van der Waals surface area contributed by atoms with Crippen LogP contribution in [0.25, 0.3) is 6.08 Å². The Morgan fingerprint density at radius 1 is 0.946 bits per heavy atom. The van der Waals surface area contributed by atoms with Crippen LogP contribution in [0.15, 0.2) is 48.0 Å². The minimum absolute atomic E-state index is 0.114. The highest BCUT2D eigenvalue weighted by Gasteiger charge is 2.51. The lowest BCUT2D eigenvalue weighted by Crippen LogP contribution is -2.54. The van der Waals surface area contributed by atoms with E-state index >= 15 is 0 Å². The van der Waals surface area contributed by atoms with E-state index in [2.05, 4.69) is 17.4 Å². The van der Waals surface area contributed by atoms with Crippen molar-refractivity contribution >= 4 is 29.6 Å². The van der Waals surface area contributed by atoms with Gasteiger partial charge in [0, 0.05) is 0 Å². The molecule has 0 unspecified atom stereocenters. The first-order valence-corrected chi connectivity index (χ1v) is 13.2. The van der Waals surface area contributed by atoms with Gasteiger partial charge in [-0.05, 0) is 110 Å². The zero-order chi connectivity index (χ0) is 25.7. The minimum Gasteiger partial charge on any atom is -0.493 e. The third kappa shape index (κ3) is 4.10. The molecule has 1 heterocycles. The second kappa shape index (κ2) is 9.05. The number of anilines is 1. The van der Waals surface area contributed by atoms with Gasteiger partial charge in [-0.2, -0.15) is 0 Å². The van der Waals surface area contributed by atoms with Crippen LogP contribution in [0.4, 0.5) is 10.5 Å². The molecule has 5 aliphatic rings. The molecule has 192 valence electrons. The predicted molar refractivity (Wildman–Crippen MR) is 139 cm³/mol. The molecule has 1 N–H and O–H groups in total. The number of amides is 4. The summed E-state index contributed by atoms with van der Waals surface area (Å²) in [4.78, 5) is 39.8. The number of rotatable bonds is 6. The van der Waals surface area contributed by atoms with Crippen LogP contribution in [-0.4, -0.2) is 31.6 Å². The highest BCUT2D eigenvalue weighted by Crippen LogP contribution is 2.60. The molecule has 7 rings (SSSR count). The number of carbonyl (C=O) groups excluding carboxylic acids is 3. The monoisotopic (exact) mass is 500 g/mol. The van der Waals surface area contributed by atoms with Crippen molar-refractivity contribution in [2.45, 2.75) is 50.9 Å². The topological polar surface area (TPSA) is 84.9 Å². The van der Waals surface area contributed by atoms with Gasteiger partial charge in [-0.15, -0.1) is 0 Å². The van der Waals surface area contributed by atoms with Gasteiger partial charge in [0.15, 0.2) is 11.5 Å². The van der Waals surface area contributed by atoms with E-state index in [9.17, 15) is 14.4 Å². The Morgan fingerprint density at radius 2 is 1.59 bits per heavy atom. The van der Waals surface area contributed by atoms with Crippen molar-refractivity contribution in [3.8, 4) is 11.5 Å². The number of ether oxygens (including phenoxy) is 2. The molecule has 0 spiro atoms. The summed E-state index contributed by atoms with van der Waals surface area (Å²) < 4.78 is 10.9. The summed E-state index contributed by atoms with van der Waals surface area (Å²) >= 11 is 0. The maximum absolute atomic E-state index is 13.4. The van der Waals surface area contributed by atoms with Gasteiger partial charge in [0.25, 0.3) is 11.8 Å².